The number of carbonyl (C=O) groups is 1. The van der Waals surface area contributed by atoms with Gasteiger partial charge in [0.1, 0.15) is 0 Å². The van der Waals surface area contributed by atoms with Gasteiger partial charge in [-0.05, 0) is 12.2 Å². The summed E-state index contributed by atoms with van der Waals surface area (Å²) in [4.78, 5) is 9.85. The molecule has 0 saturated carbocycles. The highest BCUT2D eigenvalue weighted by molar-refractivity contribution is 7.80. The first-order valence-corrected chi connectivity index (χ1v) is 2.93. The van der Waals surface area contributed by atoms with Crippen LogP contribution in [0.5, 0.6) is 0 Å². The molecule has 0 unspecified atom stereocenters. The molecule has 48 valence electrons. The van der Waals surface area contributed by atoms with Gasteiger partial charge >= 0.3 is 6.09 Å². The Morgan fingerprint density at radius 1 is 1.75 bits per heavy atom. The van der Waals surface area contributed by atoms with E-state index in [-0.39, 0.29) is 0 Å². The van der Waals surface area contributed by atoms with Gasteiger partial charge in [0.15, 0.2) is 0 Å². The predicted molar refractivity (Wildman–Crippen MR) is 34.0 cm³/mol. The topological polar surface area (TPSA) is 52.3 Å². The molecular formula is C4H9NO2S. The molecule has 0 aromatic heterocycles. The lowest BCUT2D eigenvalue weighted by Crippen LogP contribution is -2.13. The summed E-state index contributed by atoms with van der Waals surface area (Å²) in [5.41, 5.74) is 4.65. The van der Waals surface area contributed by atoms with E-state index in [4.69, 9.17) is 0 Å². The van der Waals surface area contributed by atoms with Gasteiger partial charge in [-0.15, -0.1) is 0 Å². The van der Waals surface area contributed by atoms with Crippen molar-refractivity contribution in [1.82, 2.24) is 0 Å². The Balaban J connectivity index is 2.82. The maximum atomic E-state index is 9.85. The summed E-state index contributed by atoms with van der Waals surface area (Å²) in [7, 11) is 0. The monoisotopic (exact) mass is 135 g/mol. The molecule has 0 aliphatic heterocycles. The Morgan fingerprint density at radius 3 is 2.75 bits per heavy atom. The highest BCUT2D eigenvalue weighted by Gasteiger charge is 1.89. The minimum atomic E-state index is -0.716. The van der Waals surface area contributed by atoms with E-state index in [1.807, 2.05) is 0 Å². The molecule has 0 aliphatic rings. The molecule has 0 atom stereocenters. The number of thiol groups is 1. The van der Waals surface area contributed by atoms with Crippen molar-refractivity contribution in [3.8, 4) is 0 Å². The fourth-order valence-electron chi connectivity index (χ4n) is 0.237. The molecule has 0 aromatic rings. The predicted octanol–water partition coefficient (Wildman–Crippen LogP) is 0.402. The van der Waals surface area contributed by atoms with Crippen LogP contribution in [0, 0.1) is 0 Å². The molecule has 1 amide bonds. The highest BCUT2D eigenvalue weighted by Crippen LogP contribution is 1.83. The van der Waals surface area contributed by atoms with E-state index in [0.717, 1.165) is 6.42 Å². The molecule has 3 nitrogen and oxygen atoms in total. The van der Waals surface area contributed by atoms with Crippen LogP contribution in [0.4, 0.5) is 4.79 Å². The number of hydrogen-bond donors (Lipinski definition) is 2. The molecular weight excluding hydrogens is 126 g/mol. The van der Waals surface area contributed by atoms with E-state index >= 15 is 0 Å². The smallest absolute Gasteiger partial charge is 0.404 e. The third kappa shape index (κ3) is 5.62. The van der Waals surface area contributed by atoms with E-state index in [1.54, 1.807) is 0 Å². The van der Waals surface area contributed by atoms with Crippen molar-refractivity contribution in [2.45, 2.75) is 6.42 Å². The zero-order chi connectivity index (χ0) is 6.41. The molecule has 0 bridgehead atoms. The van der Waals surface area contributed by atoms with Crippen LogP contribution < -0.4 is 5.73 Å². The van der Waals surface area contributed by atoms with Crippen LogP contribution in [0.1, 0.15) is 6.42 Å². The second-order valence-corrected chi connectivity index (χ2v) is 1.69. The molecule has 0 saturated heterocycles. The standard InChI is InChI=1S/C4H9NO2S/c5-4(6)7-2-1-3-8/h8H,1-3H2,(H2,5,6). The first-order chi connectivity index (χ1) is 3.77. The summed E-state index contributed by atoms with van der Waals surface area (Å²) < 4.78 is 4.37. The molecule has 4 heteroatoms. The molecule has 0 heterocycles. The third-order valence-corrected chi connectivity index (χ3v) is 0.863. The molecule has 8 heavy (non-hydrogen) atoms. The molecule has 0 rings (SSSR count). The number of nitrogens with two attached hydrogens (primary N) is 1. The van der Waals surface area contributed by atoms with Gasteiger partial charge in [0.25, 0.3) is 0 Å². The summed E-state index contributed by atoms with van der Waals surface area (Å²) in [6, 6.07) is 0. The quantitative estimate of drug-likeness (QED) is 0.435. The van der Waals surface area contributed by atoms with Gasteiger partial charge in [-0.1, -0.05) is 0 Å². The van der Waals surface area contributed by atoms with E-state index in [0.29, 0.717) is 12.4 Å². The van der Waals surface area contributed by atoms with Crippen LogP contribution in [-0.2, 0) is 4.74 Å². The summed E-state index contributed by atoms with van der Waals surface area (Å²) in [6.07, 6.45) is 0.0401. The lowest BCUT2D eigenvalue weighted by atomic mass is 10.5. The van der Waals surface area contributed by atoms with Crippen molar-refractivity contribution in [1.29, 1.82) is 0 Å². The van der Waals surface area contributed by atoms with Crippen LogP contribution in [0.3, 0.4) is 0 Å². The Kier molecular flexibility index (Phi) is 4.54. The number of rotatable bonds is 3. The number of hydrogen-bond acceptors (Lipinski definition) is 3. The fourth-order valence-corrected chi connectivity index (χ4v) is 0.366. The number of primary amides is 1. The van der Waals surface area contributed by atoms with Crippen LogP contribution in [0.25, 0.3) is 0 Å². The lowest BCUT2D eigenvalue weighted by Gasteiger charge is -1.95. The minimum Gasteiger partial charge on any atom is -0.450 e. The summed E-state index contributed by atoms with van der Waals surface area (Å²) in [6.45, 7) is 0.374. The van der Waals surface area contributed by atoms with Gasteiger partial charge in [0, 0.05) is 0 Å². The minimum absolute atomic E-state index is 0.374. The van der Waals surface area contributed by atoms with Crippen LogP contribution in [-0.4, -0.2) is 18.5 Å². The highest BCUT2D eigenvalue weighted by atomic mass is 32.1. The number of carbonyl (C=O) groups excluding carboxylic acids is 1. The normalized spacial score (nSPS) is 8.62. The summed E-state index contributed by atoms with van der Waals surface area (Å²) in [5, 5.41) is 0. The zero-order valence-electron chi connectivity index (χ0n) is 4.46. The second-order valence-electron chi connectivity index (χ2n) is 1.24. The molecule has 0 fully saturated rings. The Hall–Kier alpha value is -0.380. The Morgan fingerprint density at radius 2 is 2.38 bits per heavy atom. The van der Waals surface area contributed by atoms with E-state index in [1.165, 1.54) is 0 Å². The van der Waals surface area contributed by atoms with Crippen molar-refractivity contribution in [2.24, 2.45) is 5.73 Å². The Bertz CT molecular complexity index is 76.4. The third-order valence-electron chi connectivity index (χ3n) is 0.547. The van der Waals surface area contributed by atoms with Crippen LogP contribution in [0.2, 0.25) is 0 Å². The number of ether oxygens (including phenoxy) is 1. The molecule has 0 aliphatic carbocycles. The van der Waals surface area contributed by atoms with Gasteiger partial charge in [-0.2, -0.15) is 12.6 Å². The molecule has 0 radical (unpaired) electrons. The maximum Gasteiger partial charge on any atom is 0.404 e. The van der Waals surface area contributed by atoms with Crippen molar-refractivity contribution in [2.75, 3.05) is 12.4 Å². The van der Waals surface area contributed by atoms with Crippen molar-refractivity contribution in [3.63, 3.8) is 0 Å². The van der Waals surface area contributed by atoms with Crippen molar-refractivity contribution >= 4 is 18.7 Å². The van der Waals surface area contributed by atoms with E-state index in [2.05, 4.69) is 23.1 Å². The average Bonchev–Trinajstić information content (AvgIpc) is 1.66. The maximum absolute atomic E-state index is 9.85. The molecule has 0 aromatic carbocycles. The second kappa shape index (κ2) is 4.77. The fraction of sp³-hybridized carbons (Fsp3) is 0.750. The van der Waals surface area contributed by atoms with Gasteiger partial charge in [0.2, 0.25) is 0 Å². The lowest BCUT2D eigenvalue weighted by molar-refractivity contribution is 0.157. The van der Waals surface area contributed by atoms with E-state index < -0.39 is 6.09 Å². The largest absolute Gasteiger partial charge is 0.450 e. The molecule has 0 spiro atoms. The summed E-state index contributed by atoms with van der Waals surface area (Å²) >= 11 is 3.89. The van der Waals surface area contributed by atoms with E-state index in [9.17, 15) is 4.79 Å². The van der Waals surface area contributed by atoms with Crippen LogP contribution >= 0.6 is 12.6 Å². The first kappa shape index (κ1) is 7.62. The molecule has 2 N–H and O–H groups in total. The van der Waals surface area contributed by atoms with Crippen LogP contribution in [0.15, 0.2) is 0 Å². The van der Waals surface area contributed by atoms with Gasteiger partial charge in [-0.25, -0.2) is 4.79 Å². The van der Waals surface area contributed by atoms with Gasteiger partial charge in [-0.3, -0.25) is 0 Å². The van der Waals surface area contributed by atoms with Crippen molar-refractivity contribution in [3.05, 3.63) is 0 Å². The zero-order valence-corrected chi connectivity index (χ0v) is 5.36. The Labute approximate surface area is 53.6 Å². The SMILES string of the molecule is NC(=O)OCCCS. The van der Waals surface area contributed by atoms with Crippen molar-refractivity contribution < 1.29 is 9.53 Å². The summed E-state index contributed by atoms with van der Waals surface area (Å²) in [5.74, 6) is 0.716. The first-order valence-electron chi connectivity index (χ1n) is 2.30. The van der Waals surface area contributed by atoms with Gasteiger partial charge < -0.3 is 10.5 Å². The number of amides is 1. The average molecular weight is 135 g/mol. The van der Waals surface area contributed by atoms with Gasteiger partial charge in [0.05, 0.1) is 6.61 Å².